The lowest BCUT2D eigenvalue weighted by molar-refractivity contribution is 0.616. The van der Waals surface area contributed by atoms with Gasteiger partial charge in [-0.1, -0.05) is 96.7 Å². The number of rotatable bonds is 2. The molecule has 0 saturated carbocycles. The van der Waals surface area contributed by atoms with Gasteiger partial charge in [0.2, 0.25) is 0 Å². The summed E-state index contributed by atoms with van der Waals surface area (Å²) >= 11 is 0. The molecule has 0 saturated heterocycles. The molecule has 0 aliphatic rings. The molecule has 36 heavy (non-hydrogen) atoms. The fraction of sp³-hybridized carbons (Fsp3) is 0. The van der Waals surface area contributed by atoms with Gasteiger partial charge in [-0.2, -0.15) is 0 Å². The molecular weight excluding hydrogens is 440 g/mol. The van der Waals surface area contributed by atoms with Crippen LogP contribution in [-0.4, -0.2) is 0 Å². The van der Waals surface area contributed by atoms with E-state index in [4.69, 9.17) is 32.1 Å². The van der Waals surface area contributed by atoms with Crippen molar-refractivity contribution in [1.82, 2.24) is 0 Å². The molecule has 0 bridgehead atoms. The van der Waals surface area contributed by atoms with Crippen LogP contribution in [-0.2, 0) is 0 Å². The molecule has 0 spiro atoms. The molecule has 2 nitrogen and oxygen atoms in total. The van der Waals surface area contributed by atoms with E-state index < -0.39 is 176 Å². The van der Waals surface area contributed by atoms with Gasteiger partial charge in [-0.3, -0.25) is 0 Å². The fourth-order valence-corrected chi connectivity index (χ4v) is 4.54. The second-order valence-electron chi connectivity index (χ2n) is 7.79. The lowest BCUT2D eigenvalue weighted by atomic mass is 9.85. The molecule has 0 aliphatic carbocycles. The molecule has 0 atom stereocenters. The number of hydrogen-bond donors (Lipinski definition) is 0. The van der Waals surface area contributed by atoms with Crippen molar-refractivity contribution in [2.45, 2.75) is 0 Å². The van der Waals surface area contributed by atoms with E-state index in [1.165, 1.54) is 0 Å². The van der Waals surface area contributed by atoms with E-state index >= 15 is 0 Å². The second kappa shape index (κ2) is 7.34. The SMILES string of the molecule is [2H]c1oc2c(-c3c4c([2H])c([2H])c([2H])c([2H])c4c(-c4c([2H])c([2H])c([2H])c([2H])c4[2H])c4c([2H])c([2H])c([2H])c([2H])c34)c([2H])c3c(oc4c([2H])c([2H])c([2H])c([2H])c43)c2c1[2H]. The topological polar surface area (TPSA) is 26.3 Å². The minimum atomic E-state index is -0.871. The number of hydrogen-bond acceptors (Lipinski definition) is 2. The Bertz CT molecular complexity index is 3090. The standard InChI is InChI=1S/C34H20O2/c1-2-10-21(11-3-1)31-23-13-4-6-15-25(23)32(26-16-7-5-14-24(26)31)29-20-28-22-12-8-9-17-30(22)36-34(28)27-18-19-35-33(27)29/h1-20H/i1D,2D,3D,4D,5D,6D,7D,8D,9D,10D,11D,12D,13D,14D,15D,16D,17D,18D,19D,20D. The van der Waals surface area contributed by atoms with Crippen molar-refractivity contribution in [3.63, 3.8) is 0 Å². The van der Waals surface area contributed by atoms with Gasteiger partial charge in [0.05, 0.1) is 37.7 Å². The van der Waals surface area contributed by atoms with Crippen LogP contribution >= 0.6 is 0 Å². The molecule has 8 rings (SSSR count). The largest absolute Gasteiger partial charge is 0.464 e. The smallest absolute Gasteiger partial charge is 0.146 e. The lowest BCUT2D eigenvalue weighted by Crippen LogP contribution is -1.91. The Hall–Kier alpha value is -4.82. The van der Waals surface area contributed by atoms with E-state index in [1.807, 2.05) is 0 Å². The zero-order valence-corrected chi connectivity index (χ0v) is 17.8. The van der Waals surface area contributed by atoms with E-state index in [2.05, 4.69) is 0 Å². The molecule has 168 valence electrons. The Kier molecular flexibility index (Phi) is 1.71. The summed E-state index contributed by atoms with van der Waals surface area (Å²) in [5.41, 5.74) is -3.57. The summed E-state index contributed by atoms with van der Waals surface area (Å²) < 4.78 is 187. The van der Waals surface area contributed by atoms with Gasteiger partial charge in [-0.25, -0.2) is 0 Å². The summed E-state index contributed by atoms with van der Waals surface area (Å²) in [5, 5.41) is -3.29. The van der Waals surface area contributed by atoms with Gasteiger partial charge in [0.15, 0.2) is 0 Å². The Morgan fingerprint density at radius 3 is 1.75 bits per heavy atom. The molecule has 0 unspecified atom stereocenters. The molecule has 0 aliphatic heterocycles. The minimum absolute atomic E-state index is 0.334. The van der Waals surface area contributed by atoms with E-state index in [1.54, 1.807) is 0 Å². The Morgan fingerprint density at radius 1 is 0.472 bits per heavy atom. The van der Waals surface area contributed by atoms with Gasteiger partial charge in [0.25, 0.3) is 0 Å². The number of furan rings is 2. The summed E-state index contributed by atoms with van der Waals surface area (Å²) in [4.78, 5) is 0. The van der Waals surface area contributed by atoms with Crippen molar-refractivity contribution in [2.24, 2.45) is 0 Å². The maximum Gasteiger partial charge on any atom is 0.146 e. The average molecular weight is 481 g/mol. The first-order chi connectivity index (χ1) is 26.2. The van der Waals surface area contributed by atoms with Crippen LogP contribution in [0.4, 0.5) is 0 Å². The fourth-order valence-electron chi connectivity index (χ4n) is 4.54. The van der Waals surface area contributed by atoms with E-state index in [-0.39, 0.29) is 21.7 Å². The molecule has 8 aromatic rings. The Labute approximate surface area is 235 Å². The monoisotopic (exact) mass is 480 g/mol. The molecule has 2 heterocycles. The maximum absolute atomic E-state index is 9.68. The minimum Gasteiger partial charge on any atom is -0.464 e. The number of fused-ring (bicyclic) bond motifs is 7. The summed E-state index contributed by atoms with van der Waals surface area (Å²) in [6.07, 6.45) is -0.804. The van der Waals surface area contributed by atoms with Gasteiger partial charge >= 0.3 is 0 Å². The van der Waals surface area contributed by atoms with Gasteiger partial charge in [0, 0.05) is 21.9 Å². The molecule has 0 amide bonds. The van der Waals surface area contributed by atoms with Crippen molar-refractivity contribution < 1.29 is 36.2 Å². The van der Waals surface area contributed by atoms with Crippen LogP contribution in [0.2, 0.25) is 0 Å². The van der Waals surface area contributed by atoms with Crippen molar-refractivity contribution in [2.75, 3.05) is 0 Å². The molecule has 0 radical (unpaired) electrons. The number of para-hydroxylation sites is 1. The molecule has 0 N–H and O–H groups in total. The predicted molar refractivity (Wildman–Crippen MR) is 149 cm³/mol. The van der Waals surface area contributed by atoms with Gasteiger partial charge in [-0.15, -0.1) is 0 Å². The second-order valence-corrected chi connectivity index (χ2v) is 7.79. The quantitative estimate of drug-likeness (QED) is 0.230. The van der Waals surface area contributed by atoms with Crippen LogP contribution in [0.1, 0.15) is 27.4 Å². The van der Waals surface area contributed by atoms with Gasteiger partial charge in [0.1, 0.15) is 18.1 Å². The van der Waals surface area contributed by atoms with Crippen LogP contribution in [0.15, 0.2) is 130 Å². The van der Waals surface area contributed by atoms with Crippen LogP contribution in [0, 0.1) is 0 Å². The van der Waals surface area contributed by atoms with Crippen molar-refractivity contribution in [1.29, 1.82) is 0 Å². The van der Waals surface area contributed by atoms with Crippen LogP contribution < -0.4 is 0 Å². The molecular formula is C34H20O2. The average Bonchev–Trinajstić information content (AvgIpc) is 3.71. The first-order valence-electron chi connectivity index (χ1n) is 20.6. The highest BCUT2D eigenvalue weighted by Crippen LogP contribution is 2.47. The van der Waals surface area contributed by atoms with Crippen LogP contribution in [0.25, 0.3) is 76.7 Å². The van der Waals surface area contributed by atoms with E-state index in [9.17, 15) is 4.11 Å². The van der Waals surface area contributed by atoms with Gasteiger partial charge < -0.3 is 8.83 Å². The van der Waals surface area contributed by atoms with Crippen molar-refractivity contribution in [3.8, 4) is 22.3 Å². The lowest BCUT2D eigenvalue weighted by Gasteiger charge is -2.18. The summed E-state index contributed by atoms with van der Waals surface area (Å²) in [5.74, 6) is 0. The van der Waals surface area contributed by atoms with E-state index in [0.717, 1.165) is 0 Å². The van der Waals surface area contributed by atoms with Crippen LogP contribution in [0.3, 0.4) is 0 Å². The predicted octanol–water partition coefficient (Wildman–Crippen LogP) is 9.97. The molecule has 0 fully saturated rings. The van der Waals surface area contributed by atoms with Crippen molar-refractivity contribution >= 4 is 54.5 Å². The summed E-state index contributed by atoms with van der Waals surface area (Å²) in [6.45, 7) is 0. The molecule has 2 aromatic heterocycles. The molecule has 6 aromatic carbocycles. The first kappa shape index (κ1) is 8.39. The Balaban J connectivity index is 1.81. The summed E-state index contributed by atoms with van der Waals surface area (Å²) in [7, 11) is 0. The van der Waals surface area contributed by atoms with Crippen molar-refractivity contribution in [3.05, 3.63) is 121 Å². The molecule has 2 heteroatoms. The third kappa shape index (κ3) is 2.61. The highest BCUT2D eigenvalue weighted by molar-refractivity contribution is 6.26. The third-order valence-electron chi connectivity index (χ3n) is 5.97. The Morgan fingerprint density at radius 2 is 1.06 bits per heavy atom. The van der Waals surface area contributed by atoms with Gasteiger partial charge in [-0.05, 0) is 50.8 Å². The normalized spacial score (nSPS) is 19.7. The van der Waals surface area contributed by atoms with E-state index in [0.29, 0.717) is 0 Å². The zero-order chi connectivity index (χ0) is 41.0. The highest BCUT2D eigenvalue weighted by atomic mass is 16.3. The van der Waals surface area contributed by atoms with Crippen LogP contribution in [0.5, 0.6) is 0 Å². The summed E-state index contributed by atoms with van der Waals surface area (Å²) in [6, 6.07) is -15.2. The number of benzene rings is 6. The maximum atomic E-state index is 9.68. The highest BCUT2D eigenvalue weighted by Gasteiger charge is 2.22. The third-order valence-corrected chi connectivity index (χ3v) is 5.97. The zero-order valence-electron chi connectivity index (χ0n) is 37.8. The first-order valence-corrected chi connectivity index (χ1v) is 10.6.